The van der Waals surface area contributed by atoms with Crippen molar-refractivity contribution in [1.29, 1.82) is 0 Å². The number of hydrogen-bond donors (Lipinski definition) is 1. The van der Waals surface area contributed by atoms with Crippen molar-refractivity contribution in [2.45, 2.75) is 58.8 Å². The van der Waals surface area contributed by atoms with E-state index in [-0.39, 0.29) is 11.8 Å². The molecule has 1 N–H and O–H groups in total. The van der Waals surface area contributed by atoms with Crippen LogP contribution in [0.1, 0.15) is 57.1 Å². The molecule has 1 aliphatic carbocycles. The number of carbonyl (C=O) groups excluding carboxylic acids is 2. The van der Waals surface area contributed by atoms with E-state index in [0.717, 1.165) is 55.6 Å². The third kappa shape index (κ3) is 3.06. The van der Waals surface area contributed by atoms with Gasteiger partial charge in [-0.15, -0.1) is 0 Å². The highest BCUT2D eigenvalue weighted by molar-refractivity contribution is 6.13. The van der Waals surface area contributed by atoms with Gasteiger partial charge in [0.2, 0.25) is 11.8 Å². The summed E-state index contributed by atoms with van der Waals surface area (Å²) < 4.78 is 0. The smallest absolute Gasteiger partial charge is 0.240 e. The molecule has 1 aliphatic heterocycles. The van der Waals surface area contributed by atoms with Crippen LogP contribution in [-0.4, -0.2) is 29.8 Å². The van der Waals surface area contributed by atoms with Gasteiger partial charge >= 0.3 is 0 Å². The summed E-state index contributed by atoms with van der Waals surface area (Å²) in [7, 11) is 0. The number of rotatable bonds is 5. The van der Waals surface area contributed by atoms with Gasteiger partial charge in [-0.1, -0.05) is 32.0 Å². The summed E-state index contributed by atoms with van der Waals surface area (Å²) >= 11 is 0. The first-order valence-electron chi connectivity index (χ1n) is 9.34. The van der Waals surface area contributed by atoms with Crippen LogP contribution in [-0.2, 0) is 22.4 Å². The van der Waals surface area contributed by atoms with E-state index in [4.69, 9.17) is 0 Å². The standard InChI is InChI=1S/C20H28N2O2/c1-3-15-9-8-10-16(4-2)17(15)21-18(23)20(11-12-20)19(24)22-13-6-5-7-14-22/h8-10H,3-7,11-14H2,1-2H3,(H,21,23). The Balaban J connectivity index is 1.79. The quantitative estimate of drug-likeness (QED) is 0.841. The second-order valence-corrected chi connectivity index (χ2v) is 7.05. The number of para-hydroxylation sites is 1. The van der Waals surface area contributed by atoms with Gasteiger partial charge in [-0.2, -0.15) is 0 Å². The molecule has 2 aliphatic rings. The molecular formula is C20H28N2O2. The minimum Gasteiger partial charge on any atom is -0.342 e. The average molecular weight is 328 g/mol. The summed E-state index contributed by atoms with van der Waals surface area (Å²) in [5, 5.41) is 3.12. The average Bonchev–Trinajstić information content (AvgIpc) is 3.44. The molecule has 24 heavy (non-hydrogen) atoms. The maximum atomic E-state index is 13.0. The van der Waals surface area contributed by atoms with Crippen LogP contribution in [0.3, 0.4) is 0 Å². The molecule has 130 valence electrons. The normalized spacial score (nSPS) is 19.0. The zero-order valence-corrected chi connectivity index (χ0v) is 14.9. The molecule has 1 saturated carbocycles. The molecule has 0 atom stereocenters. The van der Waals surface area contributed by atoms with Gasteiger partial charge in [0, 0.05) is 18.8 Å². The van der Waals surface area contributed by atoms with Crippen molar-refractivity contribution in [3.8, 4) is 0 Å². The molecular weight excluding hydrogens is 300 g/mol. The van der Waals surface area contributed by atoms with Crippen LogP contribution < -0.4 is 5.32 Å². The summed E-state index contributed by atoms with van der Waals surface area (Å²) in [5.41, 5.74) is 2.40. The third-order valence-electron chi connectivity index (χ3n) is 5.47. The van der Waals surface area contributed by atoms with Gasteiger partial charge in [0.25, 0.3) is 0 Å². The maximum Gasteiger partial charge on any atom is 0.240 e. The SMILES string of the molecule is CCc1cccc(CC)c1NC(=O)C1(C(=O)N2CCCCC2)CC1. The fourth-order valence-corrected chi connectivity index (χ4v) is 3.70. The lowest BCUT2D eigenvalue weighted by molar-refractivity contribution is -0.143. The van der Waals surface area contributed by atoms with Gasteiger partial charge in [0.05, 0.1) is 0 Å². The molecule has 0 bridgehead atoms. The van der Waals surface area contributed by atoms with E-state index in [2.05, 4.69) is 31.3 Å². The van der Waals surface area contributed by atoms with Crippen LogP contribution in [0.4, 0.5) is 5.69 Å². The predicted molar refractivity (Wildman–Crippen MR) is 95.9 cm³/mol. The van der Waals surface area contributed by atoms with Gasteiger partial charge in [0.1, 0.15) is 5.41 Å². The van der Waals surface area contributed by atoms with Crippen molar-refractivity contribution in [2.24, 2.45) is 5.41 Å². The summed E-state index contributed by atoms with van der Waals surface area (Å²) in [5.74, 6) is -0.0552. The first-order chi connectivity index (χ1) is 11.6. The molecule has 1 saturated heterocycles. The highest BCUT2D eigenvalue weighted by atomic mass is 16.2. The Hall–Kier alpha value is -1.84. The zero-order chi connectivity index (χ0) is 17.2. The van der Waals surface area contributed by atoms with Crippen molar-refractivity contribution < 1.29 is 9.59 Å². The van der Waals surface area contributed by atoms with Crippen molar-refractivity contribution in [1.82, 2.24) is 4.90 Å². The van der Waals surface area contributed by atoms with Gasteiger partial charge in [-0.3, -0.25) is 9.59 Å². The monoisotopic (exact) mass is 328 g/mol. The molecule has 0 unspecified atom stereocenters. The number of benzene rings is 1. The van der Waals surface area contributed by atoms with Crippen LogP contribution in [0.2, 0.25) is 0 Å². The Bertz CT molecular complexity index is 606. The Morgan fingerprint density at radius 3 is 2.12 bits per heavy atom. The van der Waals surface area contributed by atoms with E-state index in [0.29, 0.717) is 12.8 Å². The lowest BCUT2D eigenvalue weighted by Gasteiger charge is -2.30. The number of nitrogens with one attached hydrogen (secondary N) is 1. The van der Waals surface area contributed by atoms with E-state index >= 15 is 0 Å². The van der Waals surface area contributed by atoms with Crippen molar-refractivity contribution in [3.63, 3.8) is 0 Å². The number of piperidine rings is 1. The Morgan fingerprint density at radius 1 is 1.04 bits per heavy atom. The summed E-state index contributed by atoms with van der Waals surface area (Å²) in [4.78, 5) is 27.8. The van der Waals surface area contributed by atoms with Crippen molar-refractivity contribution in [3.05, 3.63) is 29.3 Å². The molecule has 1 aromatic carbocycles. The molecule has 0 spiro atoms. The zero-order valence-electron chi connectivity index (χ0n) is 14.9. The van der Waals surface area contributed by atoms with E-state index in [1.54, 1.807) is 0 Å². The number of hydrogen-bond acceptors (Lipinski definition) is 2. The molecule has 1 aromatic rings. The minimum absolute atomic E-state index is 0.0479. The minimum atomic E-state index is -0.802. The summed E-state index contributed by atoms with van der Waals surface area (Å²) in [6.07, 6.45) is 6.41. The van der Waals surface area contributed by atoms with Crippen molar-refractivity contribution in [2.75, 3.05) is 18.4 Å². The number of carbonyl (C=O) groups is 2. The van der Waals surface area contributed by atoms with Crippen molar-refractivity contribution >= 4 is 17.5 Å². The Kier molecular flexibility index (Phi) is 4.93. The van der Waals surface area contributed by atoms with Crippen LogP contribution >= 0.6 is 0 Å². The van der Waals surface area contributed by atoms with E-state index < -0.39 is 5.41 Å². The Labute approximate surface area is 144 Å². The molecule has 3 rings (SSSR count). The third-order valence-corrected chi connectivity index (χ3v) is 5.47. The fraction of sp³-hybridized carbons (Fsp3) is 0.600. The topological polar surface area (TPSA) is 49.4 Å². The molecule has 0 aromatic heterocycles. The molecule has 2 amide bonds. The van der Waals surface area contributed by atoms with E-state index in [1.807, 2.05) is 11.0 Å². The van der Waals surface area contributed by atoms with Gasteiger partial charge in [0.15, 0.2) is 0 Å². The summed E-state index contributed by atoms with van der Waals surface area (Å²) in [6, 6.07) is 6.15. The highest BCUT2D eigenvalue weighted by Gasteiger charge is 2.58. The number of aryl methyl sites for hydroxylation is 2. The molecule has 4 heteroatoms. The van der Waals surface area contributed by atoms with Gasteiger partial charge in [-0.05, 0) is 56.1 Å². The van der Waals surface area contributed by atoms with Crippen LogP contribution in [0.15, 0.2) is 18.2 Å². The number of likely N-dealkylation sites (tertiary alicyclic amines) is 1. The summed E-state index contributed by atoms with van der Waals surface area (Å²) in [6.45, 7) is 5.80. The highest BCUT2D eigenvalue weighted by Crippen LogP contribution is 2.48. The Morgan fingerprint density at radius 2 is 1.62 bits per heavy atom. The van der Waals surface area contributed by atoms with E-state index in [1.165, 1.54) is 6.42 Å². The second kappa shape index (κ2) is 6.96. The van der Waals surface area contributed by atoms with Gasteiger partial charge in [-0.25, -0.2) is 0 Å². The largest absolute Gasteiger partial charge is 0.342 e. The van der Waals surface area contributed by atoms with E-state index in [9.17, 15) is 9.59 Å². The van der Waals surface area contributed by atoms with Crippen LogP contribution in [0, 0.1) is 5.41 Å². The first kappa shape index (κ1) is 17.0. The molecule has 2 fully saturated rings. The number of nitrogens with zero attached hydrogens (tertiary/aromatic N) is 1. The first-order valence-corrected chi connectivity index (χ1v) is 9.34. The fourth-order valence-electron chi connectivity index (χ4n) is 3.70. The molecule has 0 radical (unpaired) electrons. The maximum absolute atomic E-state index is 13.0. The number of anilines is 1. The predicted octanol–water partition coefficient (Wildman–Crippen LogP) is 3.54. The molecule has 4 nitrogen and oxygen atoms in total. The van der Waals surface area contributed by atoms with Gasteiger partial charge < -0.3 is 10.2 Å². The molecule has 1 heterocycles. The van der Waals surface area contributed by atoms with Crippen LogP contribution in [0.25, 0.3) is 0 Å². The lowest BCUT2D eigenvalue weighted by Crippen LogP contribution is -2.45. The second-order valence-electron chi connectivity index (χ2n) is 7.05. The lowest BCUT2D eigenvalue weighted by atomic mass is 9.99. The van der Waals surface area contributed by atoms with Crippen LogP contribution in [0.5, 0.6) is 0 Å². The number of amides is 2.